The zero-order valence-electron chi connectivity index (χ0n) is 16.6. The van der Waals surface area contributed by atoms with Crippen LogP contribution in [-0.4, -0.2) is 51.6 Å². The summed E-state index contributed by atoms with van der Waals surface area (Å²) in [5, 5.41) is 7.21. The van der Waals surface area contributed by atoms with E-state index < -0.39 is 0 Å². The number of nitrogens with one attached hydrogen (secondary N) is 1. The van der Waals surface area contributed by atoms with Crippen LogP contribution in [0.2, 0.25) is 0 Å². The van der Waals surface area contributed by atoms with Crippen molar-refractivity contribution in [1.29, 1.82) is 0 Å². The normalized spacial score (nSPS) is 19.2. The maximum atomic E-state index is 13.3. The number of carbonyl (C=O) groups is 2. The molecule has 2 aliphatic rings. The monoisotopic (exact) mass is 381 g/mol. The lowest BCUT2D eigenvalue weighted by molar-refractivity contribution is 0.0693. The summed E-state index contributed by atoms with van der Waals surface area (Å²) in [6, 6.07) is 3.72. The van der Waals surface area contributed by atoms with Crippen molar-refractivity contribution in [2.75, 3.05) is 20.1 Å². The van der Waals surface area contributed by atoms with Crippen LogP contribution in [0.5, 0.6) is 0 Å². The summed E-state index contributed by atoms with van der Waals surface area (Å²) in [5.41, 5.74) is 4.50. The SMILES string of the molecule is CNC(=O)c1ccc([C@@H]2CCCN(C(=O)c3c4c(nn3C)CCCC4)C2)nc1. The number of piperidine rings is 1. The molecule has 0 unspecified atom stereocenters. The number of likely N-dealkylation sites (tertiary alicyclic amines) is 1. The molecule has 3 heterocycles. The highest BCUT2D eigenvalue weighted by Gasteiger charge is 2.31. The first kappa shape index (κ1) is 18.7. The number of hydrogen-bond acceptors (Lipinski definition) is 4. The number of pyridine rings is 1. The molecule has 2 aromatic rings. The van der Waals surface area contributed by atoms with Gasteiger partial charge in [-0.1, -0.05) is 0 Å². The molecule has 28 heavy (non-hydrogen) atoms. The quantitative estimate of drug-likeness (QED) is 0.883. The van der Waals surface area contributed by atoms with Gasteiger partial charge in [-0.05, 0) is 50.7 Å². The fourth-order valence-electron chi connectivity index (χ4n) is 4.43. The summed E-state index contributed by atoms with van der Waals surface area (Å²) in [6.07, 6.45) is 7.77. The van der Waals surface area contributed by atoms with Gasteiger partial charge in [-0.15, -0.1) is 0 Å². The van der Waals surface area contributed by atoms with Crippen LogP contribution in [0.15, 0.2) is 18.3 Å². The van der Waals surface area contributed by atoms with Gasteiger partial charge < -0.3 is 10.2 Å². The molecule has 148 valence electrons. The van der Waals surface area contributed by atoms with E-state index in [0.29, 0.717) is 12.1 Å². The van der Waals surface area contributed by atoms with Gasteiger partial charge in [0, 0.05) is 50.6 Å². The Bertz CT molecular complexity index is 887. The van der Waals surface area contributed by atoms with Crippen LogP contribution in [0, 0.1) is 0 Å². The van der Waals surface area contributed by atoms with Gasteiger partial charge in [0.25, 0.3) is 11.8 Å². The van der Waals surface area contributed by atoms with Gasteiger partial charge in [-0.3, -0.25) is 19.3 Å². The zero-order valence-corrected chi connectivity index (χ0v) is 16.6. The highest BCUT2D eigenvalue weighted by atomic mass is 16.2. The second kappa shape index (κ2) is 7.73. The van der Waals surface area contributed by atoms with Crippen molar-refractivity contribution in [3.05, 3.63) is 46.5 Å². The Morgan fingerprint density at radius 2 is 2.00 bits per heavy atom. The van der Waals surface area contributed by atoms with E-state index >= 15 is 0 Å². The first-order valence-electron chi connectivity index (χ1n) is 10.1. The van der Waals surface area contributed by atoms with Gasteiger partial charge in [0.05, 0.1) is 11.3 Å². The Hall–Kier alpha value is -2.70. The summed E-state index contributed by atoms with van der Waals surface area (Å²) in [4.78, 5) is 31.5. The van der Waals surface area contributed by atoms with Crippen molar-refractivity contribution < 1.29 is 9.59 Å². The average Bonchev–Trinajstić information content (AvgIpc) is 3.08. The smallest absolute Gasteiger partial charge is 0.272 e. The molecule has 4 rings (SSSR count). The maximum Gasteiger partial charge on any atom is 0.272 e. The van der Waals surface area contributed by atoms with E-state index in [4.69, 9.17) is 0 Å². The lowest BCUT2D eigenvalue weighted by Crippen LogP contribution is -2.40. The van der Waals surface area contributed by atoms with Crippen LogP contribution < -0.4 is 5.32 Å². The van der Waals surface area contributed by atoms with E-state index in [1.807, 2.05) is 18.0 Å². The molecule has 2 amide bonds. The third kappa shape index (κ3) is 3.41. The molecule has 7 nitrogen and oxygen atoms in total. The molecule has 1 fully saturated rings. The van der Waals surface area contributed by atoms with Crippen molar-refractivity contribution in [3.63, 3.8) is 0 Å². The van der Waals surface area contributed by atoms with Gasteiger partial charge in [0.15, 0.2) is 0 Å². The molecule has 2 aromatic heterocycles. The van der Waals surface area contributed by atoms with Gasteiger partial charge in [0.1, 0.15) is 5.69 Å². The molecule has 1 atom stereocenters. The van der Waals surface area contributed by atoms with E-state index in [1.54, 1.807) is 24.0 Å². The Morgan fingerprint density at radius 1 is 1.18 bits per heavy atom. The molecule has 1 aliphatic carbocycles. The summed E-state index contributed by atoms with van der Waals surface area (Å²) < 4.78 is 1.78. The number of fused-ring (bicyclic) bond motifs is 1. The van der Waals surface area contributed by atoms with Crippen molar-refractivity contribution in [2.24, 2.45) is 7.05 Å². The van der Waals surface area contributed by atoms with Gasteiger partial charge in [-0.2, -0.15) is 5.10 Å². The number of amides is 2. The van der Waals surface area contributed by atoms with Crippen LogP contribution in [0.3, 0.4) is 0 Å². The lowest BCUT2D eigenvalue weighted by Gasteiger charge is -2.33. The number of aromatic nitrogens is 3. The number of aryl methyl sites for hydroxylation is 2. The number of rotatable bonds is 3. The molecule has 7 heteroatoms. The van der Waals surface area contributed by atoms with Crippen LogP contribution in [-0.2, 0) is 19.9 Å². The minimum Gasteiger partial charge on any atom is -0.355 e. The Kier molecular flexibility index (Phi) is 5.15. The summed E-state index contributed by atoms with van der Waals surface area (Å²) in [6.45, 7) is 1.43. The van der Waals surface area contributed by atoms with E-state index in [2.05, 4.69) is 15.4 Å². The first-order chi connectivity index (χ1) is 13.6. The molecule has 1 N–H and O–H groups in total. The van der Waals surface area contributed by atoms with E-state index in [-0.39, 0.29) is 17.7 Å². The highest BCUT2D eigenvalue weighted by molar-refractivity contribution is 5.94. The number of carbonyl (C=O) groups excluding carboxylic acids is 2. The first-order valence-corrected chi connectivity index (χ1v) is 10.1. The summed E-state index contributed by atoms with van der Waals surface area (Å²) in [7, 11) is 3.49. The summed E-state index contributed by atoms with van der Waals surface area (Å²) in [5.74, 6) is 0.144. The van der Waals surface area contributed by atoms with E-state index in [9.17, 15) is 9.59 Å². The molecule has 0 bridgehead atoms. The van der Waals surface area contributed by atoms with Crippen LogP contribution in [0.1, 0.15) is 69.4 Å². The van der Waals surface area contributed by atoms with E-state index in [0.717, 1.165) is 67.7 Å². The van der Waals surface area contributed by atoms with E-state index in [1.165, 1.54) is 0 Å². The fraction of sp³-hybridized carbons (Fsp3) is 0.524. The van der Waals surface area contributed by atoms with Crippen molar-refractivity contribution >= 4 is 11.8 Å². The van der Waals surface area contributed by atoms with Crippen LogP contribution in [0.25, 0.3) is 0 Å². The zero-order chi connectivity index (χ0) is 19.7. The molecular weight excluding hydrogens is 354 g/mol. The molecule has 1 saturated heterocycles. The molecule has 0 aromatic carbocycles. The molecule has 1 aliphatic heterocycles. The number of hydrogen-bond donors (Lipinski definition) is 1. The van der Waals surface area contributed by atoms with Gasteiger partial charge in [-0.25, -0.2) is 0 Å². The topological polar surface area (TPSA) is 80.1 Å². The molecule has 0 saturated carbocycles. The molecular formula is C21H27N5O2. The fourth-order valence-corrected chi connectivity index (χ4v) is 4.43. The highest BCUT2D eigenvalue weighted by Crippen LogP contribution is 2.29. The predicted molar refractivity (Wildman–Crippen MR) is 105 cm³/mol. The van der Waals surface area contributed by atoms with Crippen molar-refractivity contribution in [3.8, 4) is 0 Å². The molecule has 0 radical (unpaired) electrons. The molecule has 0 spiro atoms. The Labute approximate surface area is 165 Å². The third-order valence-electron chi connectivity index (χ3n) is 5.92. The van der Waals surface area contributed by atoms with Gasteiger partial charge in [0.2, 0.25) is 0 Å². The average molecular weight is 381 g/mol. The second-order valence-corrected chi connectivity index (χ2v) is 7.75. The largest absolute Gasteiger partial charge is 0.355 e. The Morgan fingerprint density at radius 3 is 2.75 bits per heavy atom. The number of nitrogens with zero attached hydrogens (tertiary/aromatic N) is 4. The lowest BCUT2D eigenvalue weighted by atomic mass is 9.92. The maximum absolute atomic E-state index is 13.3. The standard InChI is InChI=1S/C21H27N5O2/c1-22-20(27)14-9-10-17(23-12-14)15-6-5-11-26(13-15)21(28)19-16-7-3-4-8-18(16)24-25(19)2/h9-10,12,15H,3-8,11,13H2,1-2H3,(H,22,27)/t15-/m1/s1. The van der Waals surface area contributed by atoms with Crippen LogP contribution >= 0.6 is 0 Å². The van der Waals surface area contributed by atoms with Crippen molar-refractivity contribution in [2.45, 2.75) is 44.4 Å². The Balaban J connectivity index is 1.52. The van der Waals surface area contributed by atoms with Gasteiger partial charge >= 0.3 is 0 Å². The minimum atomic E-state index is -0.138. The third-order valence-corrected chi connectivity index (χ3v) is 5.92. The summed E-state index contributed by atoms with van der Waals surface area (Å²) >= 11 is 0. The second-order valence-electron chi connectivity index (χ2n) is 7.75. The van der Waals surface area contributed by atoms with Crippen LogP contribution in [0.4, 0.5) is 0 Å². The van der Waals surface area contributed by atoms with Crippen molar-refractivity contribution in [1.82, 2.24) is 25.0 Å². The minimum absolute atomic E-state index is 0.0878. The predicted octanol–water partition coefficient (Wildman–Crippen LogP) is 2.07.